The van der Waals surface area contributed by atoms with Gasteiger partial charge in [-0.2, -0.15) is 5.10 Å². The van der Waals surface area contributed by atoms with Crippen molar-refractivity contribution in [1.82, 2.24) is 10.2 Å². The Hall–Kier alpha value is -0.940. The summed E-state index contributed by atoms with van der Waals surface area (Å²) < 4.78 is 0. The lowest BCUT2D eigenvalue weighted by Gasteiger charge is -1.68. The van der Waals surface area contributed by atoms with Crippen molar-refractivity contribution in [1.29, 1.82) is 0 Å². The summed E-state index contributed by atoms with van der Waals surface area (Å²) in [6.45, 7) is 1.91. The molecule has 1 aromatic heterocycles. The number of aryl methyl sites for hydroxylation is 1. The number of terminal acetylenes is 1. The van der Waals surface area contributed by atoms with E-state index in [0.717, 1.165) is 5.69 Å². The smallest absolute Gasteiger partial charge is 0.135 e. The number of halogens is 1. The molecule has 0 aliphatic carbocycles. The van der Waals surface area contributed by atoms with Crippen LogP contribution >= 0.6 is 12.4 Å². The first-order chi connectivity index (χ1) is 3.83. The van der Waals surface area contributed by atoms with Crippen molar-refractivity contribution in [2.45, 2.75) is 6.92 Å². The predicted octanol–water partition coefficient (Wildman–Crippen LogP) is 1.12. The lowest BCUT2D eigenvalue weighted by molar-refractivity contribution is 1.04. The highest BCUT2D eigenvalue weighted by molar-refractivity contribution is 5.85. The first kappa shape index (κ1) is 8.06. The van der Waals surface area contributed by atoms with Crippen LogP contribution in [0.4, 0.5) is 0 Å². The lowest BCUT2D eigenvalue weighted by Crippen LogP contribution is -1.69. The van der Waals surface area contributed by atoms with Crippen LogP contribution in [0.1, 0.15) is 11.4 Å². The van der Waals surface area contributed by atoms with Crippen molar-refractivity contribution in [3.8, 4) is 12.3 Å². The van der Waals surface area contributed by atoms with Crippen molar-refractivity contribution in [2.75, 3.05) is 0 Å². The average Bonchev–Trinajstić information content (AvgIpc) is 2.14. The maximum Gasteiger partial charge on any atom is 0.135 e. The zero-order chi connectivity index (χ0) is 5.98. The molecule has 0 saturated carbocycles. The molecule has 0 unspecified atom stereocenters. The number of aromatic amines is 1. The third kappa shape index (κ3) is 1.79. The fourth-order valence-electron chi connectivity index (χ4n) is 0.492. The van der Waals surface area contributed by atoms with Gasteiger partial charge in [-0.1, -0.05) is 0 Å². The van der Waals surface area contributed by atoms with E-state index in [0.29, 0.717) is 5.69 Å². The van der Waals surface area contributed by atoms with Crippen LogP contribution in [0.25, 0.3) is 0 Å². The van der Waals surface area contributed by atoms with Crippen molar-refractivity contribution < 1.29 is 0 Å². The van der Waals surface area contributed by atoms with Gasteiger partial charge in [-0.25, -0.2) is 0 Å². The molecule has 48 valence electrons. The van der Waals surface area contributed by atoms with Crippen LogP contribution in [-0.2, 0) is 0 Å². The van der Waals surface area contributed by atoms with Gasteiger partial charge in [0.15, 0.2) is 0 Å². The number of aromatic nitrogens is 2. The Balaban J connectivity index is 0.000000640. The van der Waals surface area contributed by atoms with Crippen molar-refractivity contribution in [2.24, 2.45) is 0 Å². The van der Waals surface area contributed by atoms with Gasteiger partial charge in [-0.05, 0) is 18.9 Å². The van der Waals surface area contributed by atoms with Gasteiger partial charge in [0.25, 0.3) is 0 Å². The summed E-state index contributed by atoms with van der Waals surface area (Å²) in [6, 6.07) is 1.82. The van der Waals surface area contributed by atoms with Crippen molar-refractivity contribution in [3.63, 3.8) is 0 Å². The second-order valence-corrected chi connectivity index (χ2v) is 1.58. The minimum Gasteiger partial charge on any atom is -0.282 e. The number of hydrogen-bond donors (Lipinski definition) is 1. The summed E-state index contributed by atoms with van der Waals surface area (Å²) in [5.74, 6) is 2.41. The summed E-state index contributed by atoms with van der Waals surface area (Å²) in [6.07, 6.45) is 5.03. The number of rotatable bonds is 0. The molecule has 0 radical (unpaired) electrons. The Morgan fingerprint density at radius 3 is 2.67 bits per heavy atom. The van der Waals surface area contributed by atoms with Gasteiger partial charge in [0.05, 0.1) is 0 Å². The van der Waals surface area contributed by atoms with Crippen LogP contribution in [0.2, 0.25) is 0 Å². The summed E-state index contributed by atoms with van der Waals surface area (Å²) in [7, 11) is 0. The quantitative estimate of drug-likeness (QED) is 0.541. The molecule has 1 N–H and O–H groups in total. The molecule has 0 aliphatic heterocycles. The van der Waals surface area contributed by atoms with Gasteiger partial charge in [0.2, 0.25) is 0 Å². The number of H-pyrrole nitrogens is 1. The van der Waals surface area contributed by atoms with E-state index in [1.165, 1.54) is 0 Å². The average molecular weight is 143 g/mol. The van der Waals surface area contributed by atoms with Gasteiger partial charge in [-0.15, -0.1) is 18.8 Å². The highest BCUT2D eigenvalue weighted by Gasteiger charge is 1.88. The molecule has 0 spiro atoms. The number of hydrogen-bond acceptors (Lipinski definition) is 1. The molecule has 1 aromatic rings. The lowest BCUT2D eigenvalue weighted by atomic mass is 10.4. The maximum atomic E-state index is 5.03. The van der Waals surface area contributed by atoms with E-state index in [2.05, 4.69) is 16.1 Å². The van der Waals surface area contributed by atoms with Gasteiger partial charge in [0, 0.05) is 5.69 Å². The van der Waals surface area contributed by atoms with E-state index >= 15 is 0 Å². The molecule has 0 saturated heterocycles. The van der Waals surface area contributed by atoms with Crippen LogP contribution < -0.4 is 0 Å². The highest BCUT2D eigenvalue weighted by Crippen LogP contribution is 1.92. The molecule has 0 fully saturated rings. The molecule has 0 amide bonds. The molecule has 1 rings (SSSR count). The predicted molar refractivity (Wildman–Crippen MR) is 38.5 cm³/mol. The summed E-state index contributed by atoms with van der Waals surface area (Å²) in [5, 5.41) is 6.50. The van der Waals surface area contributed by atoms with Gasteiger partial charge in [-0.3, -0.25) is 5.10 Å². The van der Waals surface area contributed by atoms with E-state index in [1.807, 2.05) is 13.0 Å². The molecule has 0 atom stereocenters. The molecule has 0 aliphatic rings. The Morgan fingerprint density at radius 1 is 1.78 bits per heavy atom. The normalized spacial score (nSPS) is 7.56. The van der Waals surface area contributed by atoms with Crippen LogP contribution in [0, 0.1) is 19.3 Å². The number of nitrogens with zero attached hydrogens (tertiary/aromatic N) is 1. The fraction of sp³-hybridized carbons (Fsp3) is 0.167. The highest BCUT2D eigenvalue weighted by atomic mass is 35.5. The molecule has 0 aromatic carbocycles. The largest absolute Gasteiger partial charge is 0.282 e. The third-order valence-electron chi connectivity index (χ3n) is 0.854. The molecule has 3 heteroatoms. The van der Waals surface area contributed by atoms with Crippen LogP contribution in [-0.4, -0.2) is 10.2 Å². The van der Waals surface area contributed by atoms with Crippen LogP contribution in [0.15, 0.2) is 6.07 Å². The zero-order valence-corrected chi connectivity index (χ0v) is 5.83. The molecule has 2 nitrogen and oxygen atoms in total. The van der Waals surface area contributed by atoms with Gasteiger partial charge in [0.1, 0.15) is 5.69 Å². The van der Waals surface area contributed by atoms with E-state index < -0.39 is 0 Å². The van der Waals surface area contributed by atoms with Crippen LogP contribution in [0.3, 0.4) is 0 Å². The number of nitrogens with one attached hydrogen (secondary N) is 1. The van der Waals surface area contributed by atoms with Crippen LogP contribution in [0.5, 0.6) is 0 Å². The molecular formula is C6H7ClN2. The molecule has 1 heterocycles. The Labute approximate surface area is 60.1 Å². The minimum atomic E-state index is 0. The Kier molecular flexibility index (Phi) is 2.83. The topological polar surface area (TPSA) is 28.7 Å². The zero-order valence-electron chi connectivity index (χ0n) is 5.01. The Morgan fingerprint density at radius 2 is 2.44 bits per heavy atom. The Bertz CT molecular complexity index is 221. The van der Waals surface area contributed by atoms with Gasteiger partial charge >= 0.3 is 0 Å². The van der Waals surface area contributed by atoms with E-state index in [1.54, 1.807) is 0 Å². The first-order valence-electron chi connectivity index (χ1n) is 2.31. The summed E-state index contributed by atoms with van der Waals surface area (Å²) in [4.78, 5) is 0. The van der Waals surface area contributed by atoms with E-state index in [4.69, 9.17) is 6.42 Å². The summed E-state index contributed by atoms with van der Waals surface area (Å²) >= 11 is 0. The second kappa shape index (κ2) is 3.16. The van der Waals surface area contributed by atoms with E-state index in [9.17, 15) is 0 Å². The van der Waals surface area contributed by atoms with Gasteiger partial charge < -0.3 is 0 Å². The SMILES string of the molecule is C#Cc1cc(C)[nH]n1.Cl. The molecular weight excluding hydrogens is 136 g/mol. The van der Waals surface area contributed by atoms with Crippen molar-refractivity contribution in [3.05, 3.63) is 17.5 Å². The fourth-order valence-corrected chi connectivity index (χ4v) is 0.492. The maximum absolute atomic E-state index is 5.03. The second-order valence-electron chi connectivity index (χ2n) is 1.58. The monoisotopic (exact) mass is 142 g/mol. The molecule has 0 bridgehead atoms. The summed E-state index contributed by atoms with van der Waals surface area (Å²) in [5.41, 5.74) is 1.67. The first-order valence-corrected chi connectivity index (χ1v) is 2.31. The standard InChI is InChI=1S/C6H6N2.ClH/c1-3-6-4-5(2)7-8-6;/h1,4H,2H3,(H,7,8);1H. The molecule has 9 heavy (non-hydrogen) atoms. The minimum absolute atomic E-state index is 0. The van der Waals surface area contributed by atoms with E-state index in [-0.39, 0.29) is 12.4 Å². The third-order valence-corrected chi connectivity index (χ3v) is 0.854. The van der Waals surface area contributed by atoms with Crippen molar-refractivity contribution >= 4 is 12.4 Å².